The Kier molecular flexibility index (Phi) is 3.25. The van der Waals surface area contributed by atoms with Crippen LogP contribution in [0.3, 0.4) is 0 Å². The molecule has 4 heteroatoms. The van der Waals surface area contributed by atoms with Crippen molar-refractivity contribution in [2.45, 2.75) is 0 Å². The first kappa shape index (κ1) is 10.3. The number of hydrogen-bond acceptors (Lipinski definition) is 3. The SMILES string of the molecule is ON(/N=N/c1ccccc1)c1ccccc1. The van der Waals surface area contributed by atoms with E-state index in [4.69, 9.17) is 0 Å². The third-order valence-electron chi connectivity index (χ3n) is 1.99. The van der Waals surface area contributed by atoms with Crippen molar-refractivity contribution in [2.75, 3.05) is 5.17 Å². The fourth-order valence-electron chi connectivity index (χ4n) is 1.20. The van der Waals surface area contributed by atoms with E-state index in [1.54, 1.807) is 12.1 Å². The lowest BCUT2D eigenvalue weighted by Gasteiger charge is -2.07. The van der Waals surface area contributed by atoms with Gasteiger partial charge in [0.05, 0.1) is 11.4 Å². The Labute approximate surface area is 93.4 Å². The first-order chi connectivity index (χ1) is 7.86. The predicted octanol–water partition coefficient (Wildman–Crippen LogP) is 3.58. The highest BCUT2D eigenvalue weighted by Crippen LogP contribution is 2.14. The summed E-state index contributed by atoms with van der Waals surface area (Å²) in [7, 11) is 0. The van der Waals surface area contributed by atoms with Gasteiger partial charge in [-0.05, 0) is 29.5 Å². The van der Waals surface area contributed by atoms with Gasteiger partial charge in [-0.1, -0.05) is 36.4 Å². The van der Waals surface area contributed by atoms with Gasteiger partial charge in [-0.15, -0.1) is 10.3 Å². The molecule has 16 heavy (non-hydrogen) atoms. The summed E-state index contributed by atoms with van der Waals surface area (Å²) in [6.07, 6.45) is 0. The van der Waals surface area contributed by atoms with E-state index < -0.39 is 0 Å². The molecule has 0 aliphatic rings. The molecule has 0 saturated heterocycles. The molecule has 2 rings (SSSR count). The van der Waals surface area contributed by atoms with E-state index in [0.717, 1.165) is 5.17 Å². The van der Waals surface area contributed by atoms with Crippen molar-refractivity contribution < 1.29 is 5.21 Å². The summed E-state index contributed by atoms with van der Waals surface area (Å²) in [6, 6.07) is 18.2. The zero-order valence-electron chi connectivity index (χ0n) is 8.56. The minimum Gasteiger partial charge on any atom is -0.266 e. The maximum Gasteiger partial charge on any atom is 0.0916 e. The highest BCUT2D eigenvalue weighted by atomic mass is 16.5. The van der Waals surface area contributed by atoms with E-state index >= 15 is 0 Å². The standard InChI is InChI=1S/C12H11N3O/c16-15(12-9-5-2-6-10-12)14-13-11-7-3-1-4-8-11/h1-10,16H/b14-13+. The van der Waals surface area contributed by atoms with E-state index in [1.807, 2.05) is 48.5 Å². The molecule has 0 atom stereocenters. The molecule has 1 N–H and O–H groups in total. The van der Waals surface area contributed by atoms with Gasteiger partial charge in [0.2, 0.25) is 0 Å². The zero-order chi connectivity index (χ0) is 11.2. The van der Waals surface area contributed by atoms with Gasteiger partial charge in [-0.25, -0.2) is 0 Å². The average Bonchev–Trinajstić information content (AvgIpc) is 2.38. The second-order valence-corrected chi connectivity index (χ2v) is 3.15. The smallest absolute Gasteiger partial charge is 0.0916 e. The van der Waals surface area contributed by atoms with Crippen LogP contribution in [-0.4, -0.2) is 5.21 Å². The summed E-state index contributed by atoms with van der Waals surface area (Å²) in [5.74, 6) is 0. The minimum atomic E-state index is 0.571. The molecule has 2 aromatic rings. The topological polar surface area (TPSA) is 48.2 Å². The van der Waals surface area contributed by atoms with Crippen LogP contribution >= 0.6 is 0 Å². The van der Waals surface area contributed by atoms with Gasteiger partial charge in [-0.3, -0.25) is 5.21 Å². The van der Waals surface area contributed by atoms with Crippen LogP contribution in [0.15, 0.2) is 71.0 Å². The minimum absolute atomic E-state index is 0.571. The Hall–Kier alpha value is -2.20. The summed E-state index contributed by atoms with van der Waals surface area (Å²) in [4.78, 5) is 0. The molecule has 0 aliphatic heterocycles. The second kappa shape index (κ2) is 5.04. The fourth-order valence-corrected chi connectivity index (χ4v) is 1.20. The number of para-hydroxylation sites is 1. The van der Waals surface area contributed by atoms with Crippen LogP contribution in [0.25, 0.3) is 0 Å². The summed E-state index contributed by atoms with van der Waals surface area (Å²) in [6.45, 7) is 0. The molecule has 0 aromatic heterocycles. The van der Waals surface area contributed by atoms with E-state index in [0.29, 0.717) is 11.4 Å². The molecule has 0 saturated carbocycles. The molecule has 0 radical (unpaired) electrons. The van der Waals surface area contributed by atoms with Gasteiger partial charge in [-0.2, -0.15) is 0 Å². The zero-order valence-corrected chi connectivity index (χ0v) is 8.56. The number of anilines is 1. The van der Waals surface area contributed by atoms with E-state index in [2.05, 4.69) is 10.3 Å². The number of benzene rings is 2. The summed E-state index contributed by atoms with van der Waals surface area (Å²) in [5, 5.41) is 17.9. The van der Waals surface area contributed by atoms with Crippen molar-refractivity contribution in [3.63, 3.8) is 0 Å². The molecule has 0 fully saturated rings. The molecule has 2 aromatic carbocycles. The molecular formula is C12H11N3O. The van der Waals surface area contributed by atoms with Gasteiger partial charge in [0, 0.05) is 0 Å². The Morgan fingerprint density at radius 2 is 1.38 bits per heavy atom. The van der Waals surface area contributed by atoms with Gasteiger partial charge in [0.1, 0.15) is 0 Å². The summed E-state index contributed by atoms with van der Waals surface area (Å²) >= 11 is 0. The number of rotatable bonds is 3. The highest BCUT2D eigenvalue weighted by Gasteiger charge is 1.98. The Morgan fingerprint density at radius 1 is 0.812 bits per heavy atom. The number of hydrogen-bond donors (Lipinski definition) is 1. The normalized spacial score (nSPS) is 10.6. The lowest BCUT2D eigenvalue weighted by Crippen LogP contribution is -2.07. The van der Waals surface area contributed by atoms with Crippen molar-refractivity contribution in [1.82, 2.24) is 0 Å². The Morgan fingerprint density at radius 3 is 2.00 bits per heavy atom. The Bertz CT molecular complexity index is 456. The van der Waals surface area contributed by atoms with Crippen molar-refractivity contribution in [3.05, 3.63) is 60.7 Å². The van der Waals surface area contributed by atoms with Crippen LogP contribution in [0.4, 0.5) is 11.4 Å². The first-order valence-electron chi connectivity index (χ1n) is 4.87. The maximum absolute atomic E-state index is 9.55. The molecule has 0 amide bonds. The van der Waals surface area contributed by atoms with Gasteiger partial charge in [0.25, 0.3) is 0 Å². The quantitative estimate of drug-likeness (QED) is 0.625. The van der Waals surface area contributed by atoms with E-state index in [-0.39, 0.29) is 0 Å². The molecule has 0 heterocycles. The second-order valence-electron chi connectivity index (χ2n) is 3.15. The molecule has 0 bridgehead atoms. The third-order valence-corrected chi connectivity index (χ3v) is 1.99. The third kappa shape index (κ3) is 2.65. The van der Waals surface area contributed by atoms with Crippen molar-refractivity contribution in [2.24, 2.45) is 10.3 Å². The lowest BCUT2D eigenvalue weighted by atomic mass is 10.3. The van der Waals surface area contributed by atoms with Gasteiger partial charge in [0.15, 0.2) is 0 Å². The average molecular weight is 213 g/mol. The van der Waals surface area contributed by atoms with E-state index in [1.165, 1.54) is 0 Å². The highest BCUT2D eigenvalue weighted by molar-refractivity contribution is 5.42. The van der Waals surface area contributed by atoms with Crippen molar-refractivity contribution in [1.29, 1.82) is 0 Å². The van der Waals surface area contributed by atoms with Crippen molar-refractivity contribution >= 4 is 11.4 Å². The Balaban J connectivity index is 2.08. The predicted molar refractivity (Wildman–Crippen MR) is 61.7 cm³/mol. The molecule has 0 aliphatic carbocycles. The summed E-state index contributed by atoms with van der Waals surface area (Å²) < 4.78 is 0. The van der Waals surface area contributed by atoms with E-state index in [9.17, 15) is 5.21 Å². The largest absolute Gasteiger partial charge is 0.266 e. The molecule has 0 unspecified atom stereocenters. The number of nitrogens with zero attached hydrogens (tertiary/aromatic N) is 3. The molecule has 0 spiro atoms. The van der Waals surface area contributed by atoms with Gasteiger partial charge >= 0.3 is 0 Å². The van der Waals surface area contributed by atoms with Crippen LogP contribution in [0.2, 0.25) is 0 Å². The van der Waals surface area contributed by atoms with Crippen LogP contribution in [0, 0.1) is 0 Å². The summed E-state index contributed by atoms with van der Waals surface area (Å²) in [5.41, 5.74) is 1.26. The van der Waals surface area contributed by atoms with Crippen LogP contribution in [0.5, 0.6) is 0 Å². The van der Waals surface area contributed by atoms with Crippen LogP contribution < -0.4 is 5.17 Å². The first-order valence-corrected chi connectivity index (χ1v) is 4.87. The fraction of sp³-hybridized carbons (Fsp3) is 0. The van der Waals surface area contributed by atoms with Gasteiger partial charge < -0.3 is 0 Å². The lowest BCUT2D eigenvalue weighted by molar-refractivity contribution is 0.252. The molecule has 4 nitrogen and oxygen atoms in total. The molecular weight excluding hydrogens is 202 g/mol. The maximum atomic E-state index is 9.55. The monoisotopic (exact) mass is 213 g/mol. The van der Waals surface area contributed by atoms with Crippen molar-refractivity contribution in [3.8, 4) is 0 Å². The van der Waals surface area contributed by atoms with Crippen LogP contribution in [0.1, 0.15) is 0 Å². The van der Waals surface area contributed by atoms with Crippen LogP contribution in [-0.2, 0) is 0 Å². The molecule has 80 valence electrons.